The summed E-state index contributed by atoms with van der Waals surface area (Å²) in [7, 11) is 3.48. The van der Waals surface area contributed by atoms with E-state index in [1.165, 1.54) is 4.90 Å². The fraction of sp³-hybridized carbons (Fsp3) is 0.643. The number of urea groups is 1. The second kappa shape index (κ2) is 7.66. The molecule has 0 aromatic carbocycles. The highest BCUT2D eigenvalue weighted by atomic mass is 16.4. The Morgan fingerprint density at radius 1 is 1.48 bits per heavy atom. The van der Waals surface area contributed by atoms with Crippen LogP contribution in [0.1, 0.15) is 25.8 Å². The van der Waals surface area contributed by atoms with E-state index in [0.717, 1.165) is 5.56 Å². The number of carbonyl (C=O) groups excluding carboxylic acids is 1. The molecule has 0 fully saturated rings. The van der Waals surface area contributed by atoms with E-state index in [9.17, 15) is 9.59 Å². The molecule has 7 heteroatoms. The van der Waals surface area contributed by atoms with Crippen LogP contribution in [-0.4, -0.2) is 45.4 Å². The molecule has 0 bridgehead atoms. The summed E-state index contributed by atoms with van der Waals surface area (Å²) < 4.78 is 1.67. The standard InChI is InChI=1S/C14H24N4O3/c1-10(2)5-12(13(19)20)7-15-14(21)17(3)8-11-6-16-18(4)9-11/h6,9-10,12H,5,7-8H2,1-4H3,(H,15,21)(H,19,20). The van der Waals surface area contributed by atoms with Gasteiger partial charge in [0, 0.05) is 32.4 Å². The average molecular weight is 296 g/mol. The van der Waals surface area contributed by atoms with Gasteiger partial charge in [0.15, 0.2) is 0 Å². The number of hydrogen-bond donors (Lipinski definition) is 2. The van der Waals surface area contributed by atoms with E-state index in [-0.39, 0.29) is 18.5 Å². The molecule has 0 saturated heterocycles. The van der Waals surface area contributed by atoms with Crippen LogP contribution >= 0.6 is 0 Å². The number of aryl methyl sites for hydroxylation is 1. The van der Waals surface area contributed by atoms with Crippen LogP contribution in [-0.2, 0) is 18.4 Å². The zero-order chi connectivity index (χ0) is 16.0. The van der Waals surface area contributed by atoms with Gasteiger partial charge in [0.1, 0.15) is 0 Å². The van der Waals surface area contributed by atoms with Gasteiger partial charge in [-0.2, -0.15) is 5.10 Å². The van der Waals surface area contributed by atoms with Crippen molar-refractivity contribution >= 4 is 12.0 Å². The summed E-state index contributed by atoms with van der Waals surface area (Å²) in [5, 5.41) is 15.9. The summed E-state index contributed by atoms with van der Waals surface area (Å²) in [5.41, 5.74) is 0.923. The predicted molar refractivity (Wildman–Crippen MR) is 78.7 cm³/mol. The van der Waals surface area contributed by atoms with Gasteiger partial charge >= 0.3 is 12.0 Å². The van der Waals surface area contributed by atoms with Gasteiger partial charge in [-0.05, 0) is 12.3 Å². The quantitative estimate of drug-likeness (QED) is 0.794. The molecule has 1 aromatic heterocycles. The maximum atomic E-state index is 12.0. The summed E-state index contributed by atoms with van der Waals surface area (Å²) in [4.78, 5) is 24.6. The Balaban J connectivity index is 2.45. The molecule has 2 N–H and O–H groups in total. The summed E-state index contributed by atoms with van der Waals surface area (Å²) in [6.45, 7) is 4.50. The van der Waals surface area contributed by atoms with Crippen LogP contribution in [0.4, 0.5) is 4.79 Å². The van der Waals surface area contributed by atoms with Crippen molar-refractivity contribution in [3.05, 3.63) is 18.0 Å². The molecular weight excluding hydrogens is 272 g/mol. The second-order valence-corrected chi connectivity index (χ2v) is 5.73. The van der Waals surface area contributed by atoms with Crippen LogP contribution in [0, 0.1) is 11.8 Å². The lowest BCUT2D eigenvalue weighted by Crippen LogP contribution is -2.40. The maximum absolute atomic E-state index is 12.0. The van der Waals surface area contributed by atoms with Gasteiger partial charge < -0.3 is 15.3 Å². The molecule has 1 aromatic rings. The van der Waals surface area contributed by atoms with E-state index in [2.05, 4.69) is 10.4 Å². The first kappa shape index (κ1) is 17.0. The van der Waals surface area contributed by atoms with E-state index < -0.39 is 11.9 Å². The molecule has 1 rings (SSSR count). The molecule has 1 unspecified atom stereocenters. The number of amides is 2. The topological polar surface area (TPSA) is 87.5 Å². The Hall–Kier alpha value is -2.05. The van der Waals surface area contributed by atoms with Crippen LogP contribution in [0.15, 0.2) is 12.4 Å². The normalized spacial score (nSPS) is 12.2. The Bertz CT molecular complexity index is 484. The van der Waals surface area contributed by atoms with Gasteiger partial charge in [0.05, 0.1) is 18.7 Å². The highest BCUT2D eigenvalue weighted by Gasteiger charge is 2.20. The zero-order valence-corrected chi connectivity index (χ0v) is 13.0. The molecular formula is C14H24N4O3. The van der Waals surface area contributed by atoms with Crippen molar-refractivity contribution < 1.29 is 14.7 Å². The SMILES string of the molecule is CC(C)CC(CNC(=O)N(C)Cc1cnn(C)c1)C(=O)O. The van der Waals surface area contributed by atoms with Gasteiger partial charge in [0.2, 0.25) is 0 Å². The Morgan fingerprint density at radius 3 is 2.62 bits per heavy atom. The molecule has 2 amide bonds. The van der Waals surface area contributed by atoms with E-state index in [4.69, 9.17) is 5.11 Å². The number of nitrogens with zero attached hydrogens (tertiary/aromatic N) is 3. The Kier molecular flexibility index (Phi) is 6.20. The number of aliphatic carboxylic acids is 1. The van der Waals surface area contributed by atoms with E-state index in [1.807, 2.05) is 27.1 Å². The third-order valence-electron chi connectivity index (χ3n) is 3.13. The van der Waals surface area contributed by atoms with Gasteiger partial charge in [-0.25, -0.2) is 4.79 Å². The van der Waals surface area contributed by atoms with E-state index >= 15 is 0 Å². The molecule has 1 atom stereocenters. The molecule has 0 spiro atoms. The van der Waals surface area contributed by atoms with Crippen molar-refractivity contribution in [2.45, 2.75) is 26.8 Å². The smallest absolute Gasteiger partial charge is 0.317 e. The molecule has 118 valence electrons. The monoisotopic (exact) mass is 296 g/mol. The highest BCUT2D eigenvalue weighted by molar-refractivity contribution is 5.75. The molecule has 21 heavy (non-hydrogen) atoms. The first-order chi connectivity index (χ1) is 9.79. The molecule has 0 aliphatic heterocycles. The van der Waals surface area contributed by atoms with E-state index in [0.29, 0.717) is 13.0 Å². The van der Waals surface area contributed by atoms with Gasteiger partial charge in [0.25, 0.3) is 0 Å². The summed E-state index contributed by atoms with van der Waals surface area (Å²) in [5.74, 6) is -1.16. The predicted octanol–water partition coefficient (Wildman–Crippen LogP) is 1.31. The van der Waals surface area contributed by atoms with Crippen molar-refractivity contribution in [2.24, 2.45) is 18.9 Å². The number of carbonyl (C=O) groups is 2. The minimum atomic E-state index is -0.876. The van der Waals surface area contributed by atoms with Crippen LogP contribution in [0.3, 0.4) is 0 Å². The number of aromatic nitrogens is 2. The van der Waals surface area contributed by atoms with E-state index in [1.54, 1.807) is 17.9 Å². The number of nitrogens with one attached hydrogen (secondary N) is 1. The van der Waals surface area contributed by atoms with Crippen molar-refractivity contribution in [1.29, 1.82) is 0 Å². The highest BCUT2D eigenvalue weighted by Crippen LogP contribution is 2.11. The van der Waals surface area contributed by atoms with Crippen LogP contribution in [0.2, 0.25) is 0 Å². The summed E-state index contributed by atoms with van der Waals surface area (Å²) in [6, 6.07) is -0.283. The van der Waals surface area contributed by atoms with Crippen LogP contribution in [0.25, 0.3) is 0 Å². The molecule has 0 aliphatic rings. The minimum absolute atomic E-state index is 0.143. The third-order valence-corrected chi connectivity index (χ3v) is 3.13. The average Bonchev–Trinajstić information content (AvgIpc) is 2.78. The van der Waals surface area contributed by atoms with Crippen LogP contribution in [0.5, 0.6) is 0 Å². The Morgan fingerprint density at radius 2 is 2.14 bits per heavy atom. The lowest BCUT2D eigenvalue weighted by molar-refractivity contribution is -0.142. The third kappa shape index (κ3) is 5.85. The first-order valence-electron chi connectivity index (χ1n) is 6.99. The fourth-order valence-corrected chi connectivity index (χ4v) is 2.09. The van der Waals surface area contributed by atoms with Crippen LogP contribution < -0.4 is 5.32 Å². The second-order valence-electron chi connectivity index (χ2n) is 5.73. The fourth-order valence-electron chi connectivity index (χ4n) is 2.09. The number of carboxylic acids is 1. The van der Waals surface area contributed by atoms with Crippen molar-refractivity contribution in [3.63, 3.8) is 0 Å². The molecule has 0 radical (unpaired) electrons. The maximum Gasteiger partial charge on any atom is 0.317 e. The van der Waals surface area contributed by atoms with Gasteiger partial charge in [-0.1, -0.05) is 13.8 Å². The molecule has 1 heterocycles. The van der Waals surface area contributed by atoms with Crippen molar-refractivity contribution in [1.82, 2.24) is 20.0 Å². The molecule has 0 saturated carbocycles. The minimum Gasteiger partial charge on any atom is -0.481 e. The van der Waals surface area contributed by atoms with Gasteiger partial charge in [-0.15, -0.1) is 0 Å². The van der Waals surface area contributed by atoms with Crippen molar-refractivity contribution in [3.8, 4) is 0 Å². The van der Waals surface area contributed by atoms with Crippen molar-refractivity contribution in [2.75, 3.05) is 13.6 Å². The number of rotatable bonds is 7. The summed E-state index contributed by atoms with van der Waals surface area (Å²) >= 11 is 0. The number of carboxylic acid groups (broad SMARTS) is 1. The molecule has 7 nitrogen and oxygen atoms in total. The number of hydrogen-bond acceptors (Lipinski definition) is 3. The largest absolute Gasteiger partial charge is 0.481 e. The first-order valence-corrected chi connectivity index (χ1v) is 6.99. The lowest BCUT2D eigenvalue weighted by Gasteiger charge is -2.20. The van der Waals surface area contributed by atoms with Gasteiger partial charge in [-0.3, -0.25) is 9.48 Å². The molecule has 0 aliphatic carbocycles. The lowest BCUT2D eigenvalue weighted by atomic mass is 9.97. The zero-order valence-electron chi connectivity index (χ0n) is 13.0. The Labute approximate surface area is 124 Å². The summed E-state index contributed by atoms with van der Waals surface area (Å²) in [6.07, 6.45) is 4.08.